The van der Waals surface area contributed by atoms with Crippen LogP contribution in [0.4, 0.5) is 0 Å². The van der Waals surface area contributed by atoms with Crippen LogP contribution in [0.25, 0.3) is 0 Å². The van der Waals surface area contributed by atoms with E-state index < -0.39 is 6.87 Å². The van der Waals surface area contributed by atoms with Gasteiger partial charge in [-0.3, -0.25) is 4.57 Å². The Kier molecular flexibility index (Phi) is 3.32. The van der Waals surface area contributed by atoms with Crippen LogP contribution in [-0.2, 0) is 4.57 Å². The fraction of sp³-hybridized carbons (Fsp3) is 1.00. The predicted octanol–water partition coefficient (Wildman–Crippen LogP) is 1.80. The fourth-order valence-corrected chi connectivity index (χ4v) is 0.844. The lowest BCUT2D eigenvalue weighted by atomic mass is 10.8. The van der Waals surface area contributed by atoms with E-state index in [-0.39, 0.29) is 6.54 Å². The van der Waals surface area contributed by atoms with Crippen molar-refractivity contribution in [3.8, 4) is 0 Å². The molecular formula is C2H6Cl2NO2P. The lowest BCUT2D eigenvalue weighted by molar-refractivity contribution is 0.450. The van der Waals surface area contributed by atoms with Crippen molar-refractivity contribution >= 4 is 29.9 Å². The summed E-state index contributed by atoms with van der Waals surface area (Å²) in [5.41, 5.74) is 0. The molecule has 0 aromatic heterocycles. The molecule has 0 saturated heterocycles. The molecule has 0 heterocycles. The van der Waals surface area contributed by atoms with Crippen molar-refractivity contribution in [3.05, 3.63) is 0 Å². The van der Waals surface area contributed by atoms with Gasteiger partial charge in [-0.05, 0) is 23.0 Å². The molecule has 6 heteroatoms. The Labute approximate surface area is 57.6 Å². The Morgan fingerprint density at radius 1 is 1.88 bits per heavy atom. The number of rotatable bonds is 2. The molecule has 0 amide bonds. The summed E-state index contributed by atoms with van der Waals surface area (Å²) in [6, 6.07) is 0. The van der Waals surface area contributed by atoms with E-state index in [1.54, 1.807) is 6.92 Å². The average Bonchev–Trinajstić information content (AvgIpc) is 1.62. The van der Waals surface area contributed by atoms with E-state index in [1.807, 2.05) is 0 Å². The molecule has 0 aromatic rings. The van der Waals surface area contributed by atoms with Crippen molar-refractivity contribution in [2.24, 2.45) is 0 Å². The molecule has 0 bridgehead atoms. The van der Waals surface area contributed by atoms with Gasteiger partial charge in [0.1, 0.15) is 0 Å². The van der Waals surface area contributed by atoms with Gasteiger partial charge in [0.05, 0.1) is 0 Å². The maximum absolute atomic E-state index is 10.3. The monoisotopic (exact) mass is 177 g/mol. The van der Waals surface area contributed by atoms with Gasteiger partial charge in [0, 0.05) is 6.54 Å². The molecule has 50 valence electrons. The van der Waals surface area contributed by atoms with Crippen LogP contribution in [0.2, 0.25) is 0 Å². The van der Waals surface area contributed by atoms with Crippen molar-refractivity contribution in [1.29, 1.82) is 0 Å². The first-order valence-electron chi connectivity index (χ1n) is 1.94. The third-order valence-electron chi connectivity index (χ3n) is 0.529. The first-order chi connectivity index (χ1) is 3.48. The summed E-state index contributed by atoms with van der Waals surface area (Å²) in [7, 11) is 0. The normalized spacial score (nSPS) is 18.6. The summed E-state index contributed by atoms with van der Waals surface area (Å²) in [5, 5.41) is 0. The highest BCUT2D eigenvalue weighted by Crippen LogP contribution is 2.51. The third kappa shape index (κ3) is 2.90. The van der Waals surface area contributed by atoms with Crippen molar-refractivity contribution in [1.82, 2.24) is 4.19 Å². The predicted molar refractivity (Wildman–Crippen MR) is 33.9 cm³/mol. The van der Waals surface area contributed by atoms with Gasteiger partial charge in [0.25, 0.3) is 0 Å². The first kappa shape index (κ1) is 8.73. The van der Waals surface area contributed by atoms with Crippen LogP contribution in [0.5, 0.6) is 0 Å². The highest BCUT2D eigenvalue weighted by Gasteiger charge is 2.20. The largest absolute Gasteiger partial charge is 0.374 e. The van der Waals surface area contributed by atoms with Crippen molar-refractivity contribution in [2.45, 2.75) is 6.92 Å². The molecule has 0 rings (SSSR count). The zero-order valence-electron chi connectivity index (χ0n) is 4.21. The van der Waals surface area contributed by atoms with Gasteiger partial charge in [-0.2, -0.15) is 0 Å². The summed E-state index contributed by atoms with van der Waals surface area (Å²) in [6.07, 6.45) is 0. The molecule has 8 heavy (non-hydrogen) atoms. The Bertz CT molecular complexity index is 113. The highest BCUT2D eigenvalue weighted by molar-refractivity contribution is 7.83. The summed E-state index contributed by atoms with van der Waals surface area (Å²) < 4.78 is 10.9. The second-order valence-electron chi connectivity index (χ2n) is 1.13. The van der Waals surface area contributed by atoms with E-state index in [4.69, 9.17) is 27.9 Å². The maximum Gasteiger partial charge on any atom is 0.374 e. The van der Waals surface area contributed by atoms with Crippen LogP contribution in [-0.4, -0.2) is 15.6 Å². The quantitative estimate of drug-likeness (QED) is 0.517. The van der Waals surface area contributed by atoms with E-state index in [2.05, 4.69) is 0 Å². The highest BCUT2D eigenvalue weighted by atomic mass is 35.7. The minimum Gasteiger partial charge on any atom is -0.321 e. The van der Waals surface area contributed by atoms with E-state index in [1.165, 1.54) is 0 Å². The summed E-state index contributed by atoms with van der Waals surface area (Å²) in [5.74, 6) is 0. The van der Waals surface area contributed by atoms with Gasteiger partial charge in [-0.25, -0.2) is 0 Å². The van der Waals surface area contributed by atoms with Crippen LogP contribution in [0, 0.1) is 0 Å². The standard InChI is InChI=1S/C2H6Cl2NO2P/c1-2-5(3)8(4,6)7/h2H2,1H3,(H,6,7). The summed E-state index contributed by atoms with van der Waals surface area (Å²) in [6.45, 7) is -1.81. The second-order valence-corrected chi connectivity index (χ2v) is 4.52. The van der Waals surface area contributed by atoms with Crippen LogP contribution in [0.3, 0.4) is 0 Å². The molecule has 0 spiro atoms. The van der Waals surface area contributed by atoms with Crippen LogP contribution in [0.1, 0.15) is 6.92 Å². The topological polar surface area (TPSA) is 40.5 Å². The van der Waals surface area contributed by atoms with Crippen LogP contribution >= 0.6 is 29.9 Å². The lowest BCUT2D eigenvalue weighted by Gasteiger charge is -2.09. The Morgan fingerprint density at radius 2 is 2.25 bits per heavy atom. The van der Waals surface area contributed by atoms with Crippen LogP contribution < -0.4 is 0 Å². The molecule has 1 N–H and O–H groups in total. The summed E-state index contributed by atoms with van der Waals surface area (Å²) >= 11 is 10.0. The zero-order chi connectivity index (χ0) is 6.78. The zero-order valence-corrected chi connectivity index (χ0v) is 6.62. The molecule has 1 unspecified atom stereocenters. The number of halogens is 2. The van der Waals surface area contributed by atoms with Gasteiger partial charge in [0.2, 0.25) is 0 Å². The number of hydrogen-bond donors (Lipinski definition) is 1. The smallest absolute Gasteiger partial charge is 0.321 e. The molecule has 3 nitrogen and oxygen atoms in total. The first-order valence-corrected chi connectivity index (χ1v) is 4.80. The Hall–Kier alpha value is 0.730. The van der Waals surface area contributed by atoms with Gasteiger partial charge in [0.15, 0.2) is 0 Å². The van der Waals surface area contributed by atoms with E-state index in [0.717, 1.165) is 0 Å². The Balaban J connectivity index is 3.82. The molecule has 0 radical (unpaired) electrons. The van der Waals surface area contributed by atoms with Crippen LogP contribution in [0.15, 0.2) is 0 Å². The third-order valence-corrected chi connectivity index (χ3v) is 2.98. The molecule has 0 aliphatic heterocycles. The van der Waals surface area contributed by atoms with E-state index in [0.29, 0.717) is 4.19 Å². The van der Waals surface area contributed by atoms with E-state index >= 15 is 0 Å². The van der Waals surface area contributed by atoms with Crippen molar-refractivity contribution in [2.75, 3.05) is 6.54 Å². The summed E-state index contributed by atoms with van der Waals surface area (Å²) in [4.78, 5) is 8.40. The van der Waals surface area contributed by atoms with Gasteiger partial charge in [-0.1, -0.05) is 6.92 Å². The lowest BCUT2D eigenvalue weighted by Crippen LogP contribution is -2.02. The molecule has 0 saturated carbocycles. The van der Waals surface area contributed by atoms with Crippen molar-refractivity contribution < 1.29 is 9.46 Å². The minimum atomic E-state index is -3.69. The van der Waals surface area contributed by atoms with Crippen molar-refractivity contribution in [3.63, 3.8) is 0 Å². The minimum absolute atomic E-state index is 0.249. The van der Waals surface area contributed by atoms with Gasteiger partial charge < -0.3 is 4.89 Å². The van der Waals surface area contributed by atoms with Gasteiger partial charge >= 0.3 is 6.87 Å². The molecule has 0 aliphatic rings. The van der Waals surface area contributed by atoms with E-state index in [9.17, 15) is 4.57 Å². The Morgan fingerprint density at radius 3 is 2.25 bits per heavy atom. The molecule has 0 aromatic carbocycles. The molecule has 0 fully saturated rings. The van der Waals surface area contributed by atoms with Gasteiger partial charge in [-0.15, -0.1) is 4.19 Å². The second kappa shape index (κ2) is 3.04. The maximum atomic E-state index is 10.3. The number of nitrogens with zero attached hydrogens (tertiary/aromatic N) is 1. The molecule has 0 aliphatic carbocycles. The SMILES string of the molecule is CCN(Cl)P(=O)(O)Cl. The molecular weight excluding hydrogens is 172 g/mol. The fourth-order valence-electron chi connectivity index (χ4n) is 0.174. The average molecular weight is 178 g/mol. The molecule has 1 atom stereocenters. The number of hydrogen-bond acceptors (Lipinski definition) is 1.